The molecular formula is C19H20ClN3O4. The lowest BCUT2D eigenvalue weighted by atomic mass is 10.2. The van der Waals surface area contributed by atoms with Gasteiger partial charge in [-0.2, -0.15) is 0 Å². The summed E-state index contributed by atoms with van der Waals surface area (Å²) < 4.78 is 4.78. The number of benzene rings is 2. The number of likely N-dealkylation sites (N-methyl/N-ethyl adjacent to an activating group) is 1. The third-order valence-electron chi connectivity index (χ3n) is 3.51. The summed E-state index contributed by atoms with van der Waals surface area (Å²) in [7, 11) is 1.54. The van der Waals surface area contributed by atoms with Crippen LogP contribution in [0.1, 0.15) is 17.3 Å². The Hall–Kier alpha value is -3.06. The summed E-state index contributed by atoms with van der Waals surface area (Å²) in [5.74, 6) is -0.641. The van der Waals surface area contributed by atoms with Crippen molar-refractivity contribution >= 4 is 40.9 Å². The van der Waals surface area contributed by atoms with Crippen molar-refractivity contribution in [1.29, 1.82) is 0 Å². The Morgan fingerprint density at radius 1 is 0.963 bits per heavy atom. The van der Waals surface area contributed by atoms with Gasteiger partial charge in [-0.1, -0.05) is 11.6 Å². The molecule has 0 spiro atoms. The number of ether oxygens (including phenoxy) is 1. The fraction of sp³-hybridized carbons (Fsp3) is 0.211. The summed E-state index contributed by atoms with van der Waals surface area (Å²) in [5.41, 5.74) is 1.50. The number of hydrogen-bond donors (Lipinski definition) is 2. The summed E-state index contributed by atoms with van der Waals surface area (Å²) in [6.07, 6.45) is -0.562. The van der Waals surface area contributed by atoms with Gasteiger partial charge in [0.2, 0.25) is 5.91 Å². The van der Waals surface area contributed by atoms with E-state index in [1.54, 1.807) is 55.5 Å². The number of carbonyl (C=O) groups excluding carboxylic acids is 3. The molecule has 142 valence electrons. The molecule has 0 saturated heterocycles. The van der Waals surface area contributed by atoms with E-state index < -0.39 is 6.09 Å². The SMILES string of the molecule is CCOC(=O)Nc1ccc(C(=O)N(C)CC(=O)Nc2ccc(Cl)cc2)cc1. The maximum Gasteiger partial charge on any atom is 0.411 e. The molecule has 0 aromatic heterocycles. The Balaban J connectivity index is 1.91. The van der Waals surface area contributed by atoms with Crippen molar-refractivity contribution in [2.75, 3.05) is 30.8 Å². The lowest BCUT2D eigenvalue weighted by Crippen LogP contribution is -2.34. The highest BCUT2D eigenvalue weighted by molar-refractivity contribution is 6.30. The van der Waals surface area contributed by atoms with Crippen LogP contribution in [0.5, 0.6) is 0 Å². The molecule has 0 aliphatic heterocycles. The molecule has 27 heavy (non-hydrogen) atoms. The number of rotatable bonds is 6. The smallest absolute Gasteiger partial charge is 0.411 e. The summed E-state index contributed by atoms with van der Waals surface area (Å²) in [5, 5.41) is 5.81. The van der Waals surface area contributed by atoms with Gasteiger partial charge in [0.1, 0.15) is 0 Å². The Labute approximate surface area is 162 Å². The molecule has 0 radical (unpaired) electrons. The molecule has 7 nitrogen and oxygen atoms in total. The van der Waals surface area contributed by atoms with Crippen LogP contribution in [-0.2, 0) is 9.53 Å². The zero-order chi connectivity index (χ0) is 19.8. The predicted molar refractivity (Wildman–Crippen MR) is 104 cm³/mol. The van der Waals surface area contributed by atoms with Crippen LogP contribution in [0.15, 0.2) is 48.5 Å². The molecule has 0 aliphatic rings. The number of halogens is 1. The fourth-order valence-corrected chi connectivity index (χ4v) is 2.35. The van der Waals surface area contributed by atoms with Crippen LogP contribution in [-0.4, -0.2) is 43.0 Å². The van der Waals surface area contributed by atoms with Gasteiger partial charge in [0.25, 0.3) is 5.91 Å². The molecule has 3 amide bonds. The van der Waals surface area contributed by atoms with Gasteiger partial charge < -0.3 is 15.0 Å². The normalized spacial score (nSPS) is 10.0. The lowest BCUT2D eigenvalue weighted by Gasteiger charge is -2.17. The highest BCUT2D eigenvalue weighted by Crippen LogP contribution is 2.14. The zero-order valence-electron chi connectivity index (χ0n) is 15.0. The van der Waals surface area contributed by atoms with E-state index in [4.69, 9.17) is 16.3 Å². The monoisotopic (exact) mass is 389 g/mol. The van der Waals surface area contributed by atoms with Crippen LogP contribution in [0.3, 0.4) is 0 Å². The Bertz CT molecular complexity index is 807. The summed E-state index contributed by atoms with van der Waals surface area (Å²) >= 11 is 5.80. The highest BCUT2D eigenvalue weighted by Gasteiger charge is 2.15. The van der Waals surface area contributed by atoms with Gasteiger partial charge in [-0.25, -0.2) is 4.79 Å². The highest BCUT2D eigenvalue weighted by atomic mass is 35.5. The standard InChI is InChI=1S/C19H20ClN3O4/c1-3-27-19(26)22-16-8-4-13(5-9-16)18(25)23(2)12-17(24)21-15-10-6-14(20)7-11-15/h4-11H,3,12H2,1-2H3,(H,21,24)(H,22,26). The molecule has 0 bridgehead atoms. The Morgan fingerprint density at radius 2 is 1.52 bits per heavy atom. The van der Waals surface area contributed by atoms with Crippen LogP contribution in [0.2, 0.25) is 5.02 Å². The first kappa shape index (κ1) is 20.3. The minimum atomic E-state index is -0.562. The Morgan fingerprint density at radius 3 is 2.11 bits per heavy atom. The van der Waals surface area contributed by atoms with Crippen molar-refractivity contribution in [2.24, 2.45) is 0 Å². The van der Waals surface area contributed by atoms with Crippen molar-refractivity contribution in [3.63, 3.8) is 0 Å². The average molecular weight is 390 g/mol. The van der Waals surface area contributed by atoms with Gasteiger partial charge >= 0.3 is 6.09 Å². The number of amides is 3. The number of carbonyl (C=O) groups is 3. The quantitative estimate of drug-likeness (QED) is 0.789. The fourth-order valence-electron chi connectivity index (χ4n) is 2.22. The molecule has 0 fully saturated rings. The zero-order valence-corrected chi connectivity index (χ0v) is 15.7. The minimum Gasteiger partial charge on any atom is -0.450 e. The van der Waals surface area contributed by atoms with Crippen LogP contribution in [0.25, 0.3) is 0 Å². The van der Waals surface area contributed by atoms with Gasteiger partial charge in [0, 0.05) is 29.0 Å². The molecule has 0 atom stereocenters. The molecule has 0 unspecified atom stereocenters. The summed E-state index contributed by atoms with van der Waals surface area (Å²) in [4.78, 5) is 37.2. The third kappa shape index (κ3) is 6.31. The Kier molecular flexibility index (Phi) is 7.19. The van der Waals surface area contributed by atoms with E-state index in [-0.39, 0.29) is 25.0 Å². The molecule has 2 rings (SSSR count). The van der Waals surface area contributed by atoms with E-state index in [1.165, 1.54) is 11.9 Å². The molecule has 0 heterocycles. The molecule has 0 saturated carbocycles. The first-order valence-corrected chi connectivity index (χ1v) is 8.61. The van der Waals surface area contributed by atoms with E-state index in [9.17, 15) is 14.4 Å². The van der Waals surface area contributed by atoms with E-state index in [1.807, 2.05) is 0 Å². The average Bonchev–Trinajstić information content (AvgIpc) is 2.63. The third-order valence-corrected chi connectivity index (χ3v) is 3.76. The number of nitrogens with one attached hydrogen (secondary N) is 2. The van der Waals surface area contributed by atoms with Crippen molar-refractivity contribution in [3.05, 3.63) is 59.1 Å². The molecule has 8 heteroatoms. The van der Waals surface area contributed by atoms with Crippen molar-refractivity contribution in [1.82, 2.24) is 4.90 Å². The molecule has 2 aromatic rings. The lowest BCUT2D eigenvalue weighted by molar-refractivity contribution is -0.116. The predicted octanol–water partition coefficient (Wildman–Crippen LogP) is 3.62. The number of nitrogens with zero attached hydrogens (tertiary/aromatic N) is 1. The van der Waals surface area contributed by atoms with E-state index >= 15 is 0 Å². The van der Waals surface area contributed by atoms with Gasteiger partial charge in [0.15, 0.2) is 0 Å². The van der Waals surface area contributed by atoms with Crippen LogP contribution < -0.4 is 10.6 Å². The van der Waals surface area contributed by atoms with Crippen LogP contribution in [0, 0.1) is 0 Å². The second-order valence-corrected chi connectivity index (χ2v) is 6.08. The number of anilines is 2. The minimum absolute atomic E-state index is 0.107. The van der Waals surface area contributed by atoms with Crippen LogP contribution in [0.4, 0.5) is 16.2 Å². The van der Waals surface area contributed by atoms with Crippen molar-refractivity contribution in [3.8, 4) is 0 Å². The van der Waals surface area contributed by atoms with Crippen molar-refractivity contribution < 1.29 is 19.1 Å². The van der Waals surface area contributed by atoms with Gasteiger partial charge in [-0.15, -0.1) is 0 Å². The molecular weight excluding hydrogens is 370 g/mol. The van der Waals surface area contributed by atoms with Gasteiger partial charge in [-0.05, 0) is 55.5 Å². The second-order valence-electron chi connectivity index (χ2n) is 5.64. The largest absolute Gasteiger partial charge is 0.450 e. The summed E-state index contributed by atoms with van der Waals surface area (Å²) in [6, 6.07) is 13.0. The molecule has 0 aliphatic carbocycles. The van der Waals surface area contributed by atoms with E-state index in [2.05, 4.69) is 10.6 Å². The van der Waals surface area contributed by atoms with Gasteiger partial charge in [-0.3, -0.25) is 14.9 Å². The molecule has 2 N–H and O–H groups in total. The first-order chi connectivity index (χ1) is 12.9. The van der Waals surface area contributed by atoms with Crippen LogP contribution >= 0.6 is 11.6 Å². The first-order valence-electron chi connectivity index (χ1n) is 8.23. The second kappa shape index (κ2) is 9.59. The van der Waals surface area contributed by atoms with Gasteiger partial charge in [0.05, 0.1) is 13.2 Å². The maximum atomic E-state index is 12.4. The topological polar surface area (TPSA) is 87.7 Å². The van der Waals surface area contributed by atoms with Crippen molar-refractivity contribution in [2.45, 2.75) is 6.92 Å². The number of hydrogen-bond acceptors (Lipinski definition) is 4. The van der Waals surface area contributed by atoms with E-state index in [0.29, 0.717) is 22.0 Å². The maximum absolute atomic E-state index is 12.4. The summed E-state index contributed by atoms with van der Waals surface area (Å²) in [6.45, 7) is 1.87. The van der Waals surface area contributed by atoms with E-state index in [0.717, 1.165) is 0 Å². The molecule has 2 aromatic carbocycles.